The van der Waals surface area contributed by atoms with Crippen LogP contribution in [-0.4, -0.2) is 0 Å². The topological polar surface area (TPSA) is 0 Å². The van der Waals surface area contributed by atoms with Crippen LogP contribution in [0.2, 0.25) is 0 Å². The van der Waals surface area contributed by atoms with E-state index >= 15 is 0 Å². The van der Waals surface area contributed by atoms with Gasteiger partial charge in [-0.05, 0) is 24.8 Å². The standard InChI is InChI=1S/C11H12/c1-2-5-10(4-1)8-9-11-6-3-7-11/h1-4,6-7H,5,8-9H2. The molecule has 0 spiro atoms. The first-order valence-electron chi connectivity index (χ1n) is 4.17. The van der Waals surface area contributed by atoms with Crippen molar-refractivity contribution in [2.75, 3.05) is 0 Å². The smallest absolute Gasteiger partial charge is 0.0132 e. The van der Waals surface area contributed by atoms with Gasteiger partial charge in [0.25, 0.3) is 0 Å². The minimum Gasteiger partial charge on any atom is -0.0805 e. The zero-order valence-corrected chi connectivity index (χ0v) is 6.59. The van der Waals surface area contributed by atoms with Crippen LogP contribution in [0, 0.1) is 0 Å². The predicted octanol–water partition coefficient (Wildman–Crippen LogP) is 3.15. The predicted molar refractivity (Wildman–Crippen MR) is 48.3 cm³/mol. The average Bonchev–Trinajstić information content (AvgIpc) is 2.36. The van der Waals surface area contributed by atoms with E-state index in [0.29, 0.717) is 0 Å². The van der Waals surface area contributed by atoms with E-state index in [1.807, 2.05) is 0 Å². The van der Waals surface area contributed by atoms with Gasteiger partial charge in [0.1, 0.15) is 0 Å². The molecule has 11 heavy (non-hydrogen) atoms. The summed E-state index contributed by atoms with van der Waals surface area (Å²) in [5.41, 5.74) is 3.07. The third kappa shape index (κ3) is 1.51. The first-order valence-corrected chi connectivity index (χ1v) is 4.17. The fraction of sp³-hybridized carbons (Fsp3) is 0.273. The van der Waals surface area contributed by atoms with E-state index in [-0.39, 0.29) is 0 Å². The second-order valence-electron chi connectivity index (χ2n) is 3.06. The van der Waals surface area contributed by atoms with Crippen molar-refractivity contribution in [1.29, 1.82) is 0 Å². The number of hydrogen-bond donors (Lipinski definition) is 0. The third-order valence-corrected chi connectivity index (χ3v) is 2.20. The molecule has 0 bridgehead atoms. The lowest BCUT2D eigenvalue weighted by molar-refractivity contribution is 0.917. The zero-order valence-electron chi connectivity index (χ0n) is 6.59. The highest BCUT2D eigenvalue weighted by Gasteiger charge is 2.02. The van der Waals surface area contributed by atoms with Crippen molar-refractivity contribution in [1.82, 2.24) is 0 Å². The highest BCUT2D eigenvalue weighted by Crippen LogP contribution is 2.21. The summed E-state index contributed by atoms with van der Waals surface area (Å²) < 4.78 is 0. The largest absolute Gasteiger partial charge is 0.0805 e. The Hall–Kier alpha value is -1.04. The van der Waals surface area contributed by atoms with E-state index in [4.69, 9.17) is 0 Å². The van der Waals surface area contributed by atoms with Gasteiger partial charge in [-0.2, -0.15) is 0 Å². The molecule has 2 aliphatic rings. The molecular formula is C11H12. The van der Waals surface area contributed by atoms with Crippen molar-refractivity contribution in [3.8, 4) is 0 Å². The summed E-state index contributed by atoms with van der Waals surface area (Å²) in [5.74, 6) is 0. The van der Waals surface area contributed by atoms with Gasteiger partial charge in [-0.3, -0.25) is 0 Å². The van der Waals surface area contributed by atoms with Gasteiger partial charge in [-0.15, -0.1) is 0 Å². The molecule has 0 unspecified atom stereocenters. The van der Waals surface area contributed by atoms with Crippen molar-refractivity contribution >= 4 is 0 Å². The van der Waals surface area contributed by atoms with Crippen molar-refractivity contribution < 1.29 is 0 Å². The normalized spacial score (nSPS) is 19.6. The van der Waals surface area contributed by atoms with Gasteiger partial charge in [0, 0.05) is 0 Å². The lowest BCUT2D eigenvalue weighted by Crippen LogP contribution is -1.87. The summed E-state index contributed by atoms with van der Waals surface area (Å²) in [6, 6.07) is 0. The van der Waals surface area contributed by atoms with Crippen LogP contribution in [0.3, 0.4) is 0 Å². The molecule has 0 atom stereocenters. The molecule has 0 heterocycles. The maximum absolute atomic E-state index is 2.24. The SMILES string of the molecule is C1=CCC(CCC2=CC=C2)=C1. The van der Waals surface area contributed by atoms with Crippen molar-refractivity contribution in [3.05, 3.63) is 47.6 Å². The summed E-state index contributed by atoms with van der Waals surface area (Å²) in [7, 11) is 0. The van der Waals surface area contributed by atoms with Gasteiger partial charge in [-0.25, -0.2) is 0 Å². The van der Waals surface area contributed by atoms with E-state index in [9.17, 15) is 0 Å². The average molecular weight is 144 g/mol. The minimum atomic E-state index is 1.18. The number of hydrogen-bond acceptors (Lipinski definition) is 0. The number of allylic oxidation sites excluding steroid dienone is 8. The van der Waals surface area contributed by atoms with E-state index in [1.54, 1.807) is 5.57 Å². The molecule has 0 saturated heterocycles. The van der Waals surface area contributed by atoms with Crippen LogP contribution in [-0.2, 0) is 0 Å². The Morgan fingerprint density at radius 3 is 2.55 bits per heavy atom. The first-order chi connectivity index (χ1) is 5.45. The first kappa shape index (κ1) is 6.66. The van der Waals surface area contributed by atoms with Gasteiger partial charge in [0.15, 0.2) is 0 Å². The highest BCUT2D eigenvalue weighted by molar-refractivity contribution is 5.36. The van der Waals surface area contributed by atoms with E-state index in [1.165, 1.54) is 24.8 Å². The monoisotopic (exact) mass is 144 g/mol. The quantitative estimate of drug-likeness (QED) is 0.570. The van der Waals surface area contributed by atoms with Gasteiger partial charge in [0.05, 0.1) is 0 Å². The molecule has 0 aromatic heterocycles. The summed E-state index contributed by atoms with van der Waals surface area (Å²) in [5, 5.41) is 0. The Kier molecular flexibility index (Phi) is 1.76. The van der Waals surface area contributed by atoms with E-state index in [0.717, 1.165) is 0 Å². The lowest BCUT2D eigenvalue weighted by Gasteiger charge is -2.06. The van der Waals surface area contributed by atoms with Gasteiger partial charge in [-0.1, -0.05) is 42.0 Å². The Morgan fingerprint density at radius 2 is 2.00 bits per heavy atom. The molecule has 0 aromatic carbocycles. The lowest BCUT2D eigenvalue weighted by atomic mass is 9.99. The van der Waals surface area contributed by atoms with E-state index < -0.39 is 0 Å². The maximum Gasteiger partial charge on any atom is -0.0132 e. The molecule has 0 amide bonds. The Balaban J connectivity index is 1.74. The van der Waals surface area contributed by atoms with Crippen LogP contribution in [0.15, 0.2) is 47.6 Å². The summed E-state index contributed by atoms with van der Waals surface area (Å²) in [6.45, 7) is 0. The van der Waals surface area contributed by atoms with Gasteiger partial charge in [0.2, 0.25) is 0 Å². The fourth-order valence-electron chi connectivity index (χ4n) is 1.38. The zero-order chi connectivity index (χ0) is 7.52. The molecule has 56 valence electrons. The molecule has 0 aromatic rings. The molecule has 2 aliphatic carbocycles. The molecule has 0 aliphatic heterocycles. The van der Waals surface area contributed by atoms with Crippen molar-refractivity contribution in [2.45, 2.75) is 19.3 Å². The highest BCUT2D eigenvalue weighted by atomic mass is 14.1. The number of rotatable bonds is 3. The van der Waals surface area contributed by atoms with Crippen LogP contribution < -0.4 is 0 Å². The second-order valence-corrected chi connectivity index (χ2v) is 3.06. The van der Waals surface area contributed by atoms with Crippen LogP contribution in [0.4, 0.5) is 0 Å². The molecular weight excluding hydrogens is 132 g/mol. The molecule has 0 fully saturated rings. The van der Waals surface area contributed by atoms with Crippen LogP contribution in [0.1, 0.15) is 19.3 Å². The minimum absolute atomic E-state index is 1.18. The van der Waals surface area contributed by atoms with Crippen molar-refractivity contribution in [2.24, 2.45) is 0 Å². The molecule has 0 nitrogen and oxygen atoms in total. The Labute approximate surface area is 67.6 Å². The van der Waals surface area contributed by atoms with Crippen molar-refractivity contribution in [3.63, 3.8) is 0 Å². The molecule has 0 radical (unpaired) electrons. The molecule has 0 saturated carbocycles. The Bertz CT molecular complexity index is 262. The third-order valence-electron chi connectivity index (χ3n) is 2.20. The fourth-order valence-corrected chi connectivity index (χ4v) is 1.38. The summed E-state index contributed by atoms with van der Waals surface area (Å²) in [4.78, 5) is 0. The van der Waals surface area contributed by atoms with Crippen LogP contribution in [0.25, 0.3) is 0 Å². The molecule has 0 heteroatoms. The molecule has 0 N–H and O–H groups in total. The van der Waals surface area contributed by atoms with Crippen LogP contribution >= 0.6 is 0 Å². The summed E-state index contributed by atoms with van der Waals surface area (Å²) >= 11 is 0. The second kappa shape index (κ2) is 2.91. The van der Waals surface area contributed by atoms with E-state index in [2.05, 4.69) is 36.5 Å². The maximum atomic E-state index is 2.24. The molecule has 2 rings (SSSR count). The van der Waals surface area contributed by atoms with Crippen LogP contribution in [0.5, 0.6) is 0 Å². The summed E-state index contributed by atoms with van der Waals surface area (Å²) in [6.07, 6.45) is 16.8. The van der Waals surface area contributed by atoms with Gasteiger partial charge < -0.3 is 0 Å². The Morgan fingerprint density at radius 1 is 1.09 bits per heavy atom. The van der Waals surface area contributed by atoms with Gasteiger partial charge >= 0.3 is 0 Å².